The number of fused-ring (bicyclic) bond motifs is 1. The van der Waals surface area contributed by atoms with Crippen LogP contribution in [-0.2, 0) is 0 Å². The summed E-state index contributed by atoms with van der Waals surface area (Å²) >= 11 is 6.74. The number of nitrogens with zero attached hydrogens (tertiary/aromatic N) is 5. The van der Waals surface area contributed by atoms with Crippen LogP contribution in [0.3, 0.4) is 0 Å². The van der Waals surface area contributed by atoms with Crippen LogP contribution in [0.2, 0.25) is 5.02 Å². The molecule has 4 aromatic rings. The zero-order chi connectivity index (χ0) is 26.4. The van der Waals surface area contributed by atoms with Gasteiger partial charge in [0.2, 0.25) is 0 Å². The molecule has 0 bridgehead atoms. The molecule has 2 aromatic heterocycles. The molecule has 2 aromatic carbocycles. The van der Waals surface area contributed by atoms with Crippen molar-refractivity contribution in [3.8, 4) is 11.1 Å². The van der Waals surface area contributed by atoms with Crippen molar-refractivity contribution in [2.45, 2.75) is 33.6 Å². The van der Waals surface area contributed by atoms with Crippen LogP contribution in [0.15, 0.2) is 59.8 Å². The molecule has 0 unspecified atom stereocenters. The first-order valence-corrected chi connectivity index (χ1v) is 12.4. The maximum absolute atomic E-state index is 12.4. The summed E-state index contributed by atoms with van der Waals surface area (Å²) in [7, 11) is 0. The molecule has 0 radical (unpaired) electrons. The lowest BCUT2D eigenvalue weighted by molar-refractivity contribution is 0.0948. The normalized spacial score (nSPS) is 10.7. The molecule has 0 aliphatic carbocycles. The monoisotopic (exact) mass is 513 g/mol. The van der Waals surface area contributed by atoms with E-state index in [9.17, 15) is 4.79 Å². The Labute approximate surface area is 220 Å². The molecular weight excluding hydrogens is 486 g/mol. The number of unbranched alkanes of at least 4 members (excludes halogenated alkanes) is 1. The van der Waals surface area contributed by atoms with E-state index in [1.807, 2.05) is 31.2 Å². The Bertz CT molecular complexity index is 1500. The zero-order valence-electron chi connectivity index (χ0n) is 21.0. The summed E-state index contributed by atoms with van der Waals surface area (Å²) in [5.74, 6) is -0.236. The fourth-order valence-electron chi connectivity index (χ4n) is 4.01. The number of azide groups is 1. The lowest BCUT2D eigenvalue weighted by Gasteiger charge is -2.16. The Kier molecular flexibility index (Phi) is 8.23. The number of carbonyl (C=O) groups is 1. The number of hydrogen-bond acceptors (Lipinski definition) is 5. The van der Waals surface area contributed by atoms with E-state index in [0.717, 1.165) is 63.1 Å². The minimum atomic E-state index is -0.236. The van der Waals surface area contributed by atoms with Gasteiger partial charge in [0, 0.05) is 40.8 Å². The highest BCUT2D eigenvalue weighted by Crippen LogP contribution is 2.37. The summed E-state index contributed by atoms with van der Waals surface area (Å²) in [6.07, 6.45) is 3.14. The average Bonchev–Trinajstić information content (AvgIpc) is 2.90. The third-order valence-electron chi connectivity index (χ3n) is 6.11. The number of amides is 1. The van der Waals surface area contributed by atoms with Crippen LogP contribution in [0, 0.1) is 20.8 Å². The second-order valence-corrected chi connectivity index (χ2v) is 9.29. The van der Waals surface area contributed by atoms with Gasteiger partial charge in [0.05, 0.1) is 21.9 Å². The zero-order valence-corrected chi connectivity index (χ0v) is 21.8. The standard InChI is InChI=1S/C28H28ClN7O/c1-17-6-7-18(2)25(14-17)35-27-22-15-20(8-10-23(22)34-19(3)26(27)29)21-9-11-24(32-16-21)28(37)31-12-4-5-13-33-36-30/h6-11,14-16H,4-5,12-13H2,1-3H3,(H,31,37)(H,34,35). The number of nitrogens with one attached hydrogen (secondary N) is 2. The fraction of sp³-hybridized carbons (Fsp3) is 0.250. The van der Waals surface area contributed by atoms with Crippen LogP contribution in [0.4, 0.5) is 11.4 Å². The molecule has 0 aliphatic rings. The SMILES string of the molecule is Cc1ccc(C)c(Nc2c(Cl)c(C)nc3ccc(-c4ccc(C(=O)NCCCCN=[N+]=[N-])nc4)cc23)c1. The first-order valence-electron chi connectivity index (χ1n) is 12.1. The van der Waals surface area contributed by atoms with Gasteiger partial charge in [-0.05, 0) is 80.1 Å². The highest BCUT2D eigenvalue weighted by molar-refractivity contribution is 6.35. The van der Waals surface area contributed by atoms with Crippen LogP contribution < -0.4 is 10.6 Å². The van der Waals surface area contributed by atoms with Crippen molar-refractivity contribution >= 4 is 39.8 Å². The van der Waals surface area contributed by atoms with Gasteiger partial charge >= 0.3 is 0 Å². The van der Waals surface area contributed by atoms with Crippen LogP contribution >= 0.6 is 11.6 Å². The van der Waals surface area contributed by atoms with Crippen LogP contribution in [0.5, 0.6) is 0 Å². The van der Waals surface area contributed by atoms with Crippen molar-refractivity contribution in [3.63, 3.8) is 0 Å². The predicted molar refractivity (Wildman–Crippen MR) is 149 cm³/mol. The summed E-state index contributed by atoms with van der Waals surface area (Å²) < 4.78 is 0. The molecule has 0 spiro atoms. The van der Waals surface area contributed by atoms with Crippen LogP contribution in [-0.4, -0.2) is 29.0 Å². The van der Waals surface area contributed by atoms with Gasteiger partial charge in [-0.1, -0.05) is 41.0 Å². The van der Waals surface area contributed by atoms with Gasteiger partial charge in [-0.3, -0.25) is 14.8 Å². The molecule has 0 fully saturated rings. The Morgan fingerprint density at radius 3 is 2.62 bits per heavy atom. The minimum absolute atomic E-state index is 0.236. The van der Waals surface area contributed by atoms with Crippen molar-refractivity contribution in [2.24, 2.45) is 5.11 Å². The van der Waals surface area contributed by atoms with E-state index in [0.29, 0.717) is 23.8 Å². The number of halogens is 1. The number of aromatic nitrogens is 2. The average molecular weight is 514 g/mol. The maximum Gasteiger partial charge on any atom is 0.269 e. The van der Waals surface area contributed by atoms with E-state index in [1.165, 1.54) is 0 Å². The summed E-state index contributed by atoms with van der Waals surface area (Å²) in [4.78, 5) is 24.2. The summed E-state index contributed by atoms with van der Waals surface area (Å²) in [6, 6.07) is 15.9. The Hall–Kier alpha value is -4.13. The number of rotatable bonds is 9. The van der Waals surface area contributed by atoms with Gasteiger partial charge in [0.1, 0.15) is 5.69 Å². The third kappa shape index (κ3) is 6.17. The quantitative estimate of drug-likeness (QED) is 0.105. The number of benzene rings is 2. The fourth-order valence-corrected chi connectivity index (χ4v) is 4.20. The second-order valence-electron chi connectivity index (χ2n) is 8.91. The van der Waals surface area contributed by atoms with Crippen molar-refractivity contribution < 1.29 is 4.79 Å². The molecule has 2 N–H and O–H groups in total. The highest BCUT2D eigenvalue weighted by atomic mass is 35.5. The summed E-state index contributed by atoms with van der Waals surface area (Å²) in [5.41, 5.74) is 16.1. The number of hydrogen-bond donors (Lipinski definition) is 2. The molecule has 37 heavy (non-hydrogen) atoms. The lowest BCUT2D eigenvalue weighted by atomic mass is 10.0. The number of anilines is 2. The van der Waals surface area contributed by atoms with Gasteiger partial charge in [0.15, 0.2) is 0 Å². The first-order chi connectivity index (χ1) is 17.9. The van der Waals surface area contributed by atoms with Gasteiger partial charge in [0.25, 0.3) is 5.91 Å². The molecule has 2 heterocycles. The first kappa shape index (κ1) is 25.9. The topological polar surface area (TPSA) is 116 Å². The maximum atomic E-state index is 12.4. The van der Waals surface area contributed by atoms with Gasteiger partial charge < -0.3 is 10.6 Å². The predicted octanol–water partition coefficient (Wildman–Crippen LogP) is 7.44. The Morgan fingerprint density at radius 2 is 1.86 bits per heavy atom. The van der Waals surface area contributed by atoms with Gasteiger partial charge in [-0.2, -0.15) is 0 Å². The molecule has 188 valence electrons. The summed E-state index contributed by atoms with van der Waals surface area (Å²) in [5, 5.41) is 11.3. The van der Waals surface area contributed by atoms with Crippen molar-refractivity contribution in [1.82, 2.24) is 15.3 Å². The summed E-state index contributed by atoms with van der Waals surface area (Å²) in [6.45, 7) is 6.94. The van der Waals surface area contributed by atoms with Crippen molar-refractivity contribution in [1.29, 1.82) is 0 Å². The van der Waals surface area contributed by atoms with Crippen LogP contribution in [0.25, 0.3) is 32.5 Å². The molecule has 0 aliphatic heterocycles. The van der Waals surface area contributed by atoms with Gasteiger partial charge in [-0.15, -0.1) is 0 Å². The molecule has 0 atom stereocenters. The largest absolute Gasteiger partial charge is 0.353 e. The Balaban J connectivity index is 1.58. The van der Waals surface area contributed by atoms with E-state index in [2.05, 4.69) is 62.7 Å². The van der Waals surface area contributed by atoms with Crippen molar-refractivity contribution in [3.05, 3.63) is 92.7 Å². The lowest BCUT2D eigenvalue weighted by Crippen LogP contribution is -2.25. The molecule has 4 rings (SSSR count). The molecule has 8 nitrogen and oxygen atoms in total. The molecular formula is C28H28ClN7O. The van der Waals surface area contributed by atoms with Crippen LogP contribution in [0.1, 0.15) is 40.2 Å². The molecule has 0 saturated heterocycles. The molecule has 9 heteroatoms. The van der Waals surface area contributed by atoms with E-state index in [1.54, 1.807) is 12.3 Å². The number of pyridine rings is 2. The van der Waals surface area contributed by atoms with Crippen molar-refractivity contribution in [2.75, 3.05) is 18.4 Å². The Morgan fingerprint density at radius 1 is 1.05 bits per heavy atom. The van der Waals surface area contributed by atoms with E-state index < -0.39 is 0 Å². The van der Waals surface area contributed by atoms with E-state index >= 15 is 0 Å². The van der Waals surface area contributed by atoms with Gasteiger partial charge in [-0.25, -0.2) is 0 Å². The van der Waals surface area contributed by atoms with E-state index in [-0.39, 0.29) is 5.91 Å². The molecule has 0 saturated carbocycles. The highest BCUT2D eigenvalue weighted by Gasteiger charge is 2.14. The smallest absolute Gasteiger partial charge is 0.269 e. The minimum Gasteiger partial charge on any atom is -0.353 e. The number of carbonyl (C=O) groups excluding carboxylic acids is 1. The molecule has 1 amide bonds. The van der Waals surface area contributed by atoms with E-state index in [4.69, 9.17) is 17.1 Å². The second kappa shape index (κ2) is 11.7. The number of aryl methyl sites for hydroxylation is 3. The third-order valence-corrected chi connectivity index (χ3v) is 6.57.